The molecule has 3 aromatic carbocycles. The third-order valence-corrected chi connectivity index (χ3v) is 8.08. The Bertz CT molecular complexity index is 1240. The summed E-state index contributed by atoms with van der Waals surface area (Å²) in [5.74, 6) is -0.520. The van der Waals surface area contributed by atoms with Crippen molar-refractivity contribution in [3.05, 3.63) is 108 Å². The molecule has 0 aliphatic rings. The molecule has 0 saturated heterocycles. The molecule has 210 valence electrons. The summed E-state index contributed by atoms with van der Waals surface area (Å²) in [5, 5.41) is 4.73. The number of carbonyl (C=O) groups excluding carboxylic acids is 4. The Hall–Kier alpha value is -3.56. The Morgan fingerprint density at radius 1 is 0.700 bits per heavy atom. The van der Waals surface area contributed by atoms with Gasteiger partial charge >= 0.3 is 5.97 Å². The number of amides is 2. The van der Waals surface area contributed by atoms with E-state index in [2.05, 4.69) is 10.6 Å². The lowest BCUT2D eigenvalue weighted by Crippen LogP contribution is -2.54. The Morgan fingerprint density at radius 3 is 1.73 bits per heavy atom. The Balaban J connectivity index is 1.75. The first kappa shape index (κ1) is 31.0. The van der Waals surface area contributed by atoms with Crippen LogP contribution < -0.4 is 10.6 Å². The van der Waals surface area contributed by atoms with Gasteiger partial charge in [-0.25, -0.2) is 4.79 Å². The van der Waals surface area contributed by atoms with E-state index in [0.717, 1.165) is 28.5 Å². The molecule has 0 radical (unpaired) electrons. The van der Waals surface area contributed by atoms with Gasteiger partial charge in [0.2, 0.25) is 11.8 Å². The van der Waals surface area contributed by atoms with E-state index in [0.29, 0.717) is 17.9 Å². The maximum Gasteiger partial charge on any atom is 0.329 e. The number of esters is 1. The highest BCUT2D eigenvalue weighted by molar-refractivity contribution is 8.14. The molecule has 3 aromatic rings. The van der Waals surface area contributed by atoms with E-state index in [-0.39, 0.29) is 11.5 Å². The standard InChI is InChI=1S/C31H34N2O5S2/c1-22(34)40-28(19-24-14-8-4-9-15-24)30(36)32-26(18-23-12-6-3-7-13-23)29(35)33-27(31(37)38-2)21-39-20-25-16-10-5-11-17-25/h3-17,26-28H,18-21H2,1-2H3,(H,32,36)(H,33,35)/t26-,27-,28-/m0/s1. The van der Waals surface area contributed by atoms with Crippen LogP contribution in [0.4, 0.5) is 0 Å². The van der Waals surface area contributed by atoms with Crippen molar-refractivity contribution in [2.24, 2.45) is 0 Å². The highest BCUT2D eigenvalue weighted by atomic mass is 32.2. The van der Waals surface area contributed by atoms with Gasteiger partial charge in [-0.15, -0.1) is 0 Å². The maximum atomic E-state index is 13.5. The van der Waals surface area contributed by atoms with Crippen molar-refractivity contribution in [3.63, 3.8) is 0 Å². The summed E-state index contributed by atoms with van der Waals surface area (Å²) in [4.78, 5) is 51.5. The van der Waals surface area contributed by atoms with Crippen LogP contribution in [0.5, 0.6) is 0 Å². The van der Waals surface area contributed by atoms with Crippen LogP contribution in [-0.4, -0.2) is 53.1 Å². The summed E-state index contributed by atoms with van der Waals surface area (Å²) in [7, 11) is 1.28. The number of rotatable bonds is 14. The minimum atomic E-state index is -0.966. The normalized spacial score (nSPS) is 12.9. The SMILES string of the molecule is COC(=O)[C@H](CSCc1ccccc1)NC(=O)[C@H](Cc1ccccc1)NC(=O)[C@H](Cc1ccccc1)SC(C)=O. The summed E-state index contributed by atoms with van der Waals surface area (Å²) in [6, 6.07) is 26.7. The predicted octanol–water partition coefficient (Wildman–Crippen LogP) is 4.20. The maximum absolute atomic E-state index is 13.5. The molecule has 0 aliphatic carbocycles. The zero-order valence-corrected chi connectivity index (χ0v) is 24.2. The van der Waals surface area contributed by atoms with Gasteiger partial charge in [0, 0.05) is 24.9 Å². The number of ether oxygens (including phenoxy) is 1. The summed E-state index contributed by atoms with van der Waals surface area (Å²) in [6.07, 6.45) is 0.545. The van der Waals surface area contributed by atoms with Crippen LogP contribution in [0.25, 0.3) is 0 Å². The highest BCUT2D eigenvalue weighted by Gasteiger charge is 2.30. The van der Waals surface area contributed by atoms with Crippen molar-refractivity contribution in [3.8, 4) is 0 Å². The molecule has 0 saturated carbocycles. The molecule has 3 atom stereocenters. The summed E-state index contributed by atoms with van der Waals surface area (Å²) in [5.41, 5.74) is 2.85. The van der Waals surface area contributed by atoms with Crippen LogP contribution in [0, 0.1) is 0 Å². The highest BCUT2D eigenvalue weighted by Crippen LogP contribution is 2.19. The first-order chi connectivity index (χ1) is 19.4. The Labute approximate surface area is 243 Å². The number of hydrogen-bond acceptors (Lipinski definition) is 7. The average Bonchev–Trinajstić information content (AvgIpc) is 2.96. The fourth-order valence-corrected chi connectivity index (χ4v) is 5.84. The molecule has 2 N–H and O–H groups in total. The lowest BCUT2D eigenvalue weighted by Gasteiger charge is -2.24. The fourth-order valence-electron chi connectivity index (χ4n) is 3.99. The molecular weight excluding hydrogens is 544 g/mol. The molecule has 40 heavy (non-hydrogen) atoms. The van der Waals surface area contributed by atoms with Gasteiger partial charge in [0.1, 0.15) is 12.1 Å². The number of hydrogen-bond donors (Lipinski definition) is 2. The van der Waals surface area contributed by atoms with E-state index in [1.165, 1.54) is 25.8 Å². The van der Waals surface area contributed by atoms with Crippen molar-refractivity contribution in [2.45, 2.75) is 42.9 Å². The van der Waals surface area contributed by atoms with Gasteiger partial charge in [0.05, 0.1) is 12.4 Å². The quantitative estimate of drug-likeness (QED) is 0.277. The average molecular weight is 579 g/mol. The second-order valence-corrected chi connectivity index (χ2v) is 11.5. The van der Waals surface area contributed by atoms with Crippen LogP contribution in [0.15, 0.2) is 91.0 Å². The van der Waals surface area contributed by atoms with Crippen molar-refractivity contribution < 1.29 is 23.9 Å². The van der Waals surface area contributed by atoms with E-state index < -0.39 is 35.1 Å². The monoisotopic (exact) mass is 578 g/mol. The first-order valence-corrected chi connectivity index (χ1v) is 14.9. The van der Waals surface area contributed by atoms with Crippen molar-refractivity contribution in [1.29, 1.82) is 0 Å². The molecule has 0 bridgehead atoms. The van der Waals surface area contributed by atoms with Gasteiger partial charge < -0.3 is 15.4 Å². The van der Waals surface area contributed by atoms with E-state index in [4.69, 9.17) is 4.74 Å². The summed E-state index contributed by atoms with van der Waals surface area (Å²) >= 11 is 2.43. The molecule has 0 aliphatic heterocycles. The number of thioether (sulfide) groups is 2. The van der Waals surface area contributed by atoms with Crippen LogP contribution in [0.2, 0.25) is 0 Å². The minimum absolute atomic E-state index is 0.193. The van der Waals surface area contributed by atoms with Crippen molar-refractivity contribution in [1.82, 2.24) is 10.6 Å². The van der Waals surface area contributed by atoms with Gasteiger partial charge in [-0.1, -0.05) is 103 Å². The van der Waals surface area contributed by atoms with Crippen molar-refractivity contribution in [2.75, 3.05) is 12.9 Å². The summed E-state index contributed by atoms with van der Waals surface area (Å²) in [6.45, 7) is 1.41. The lowest BCUT2D eigenvalue weighted by atomic mass is 10.0. The Kier molecular flexibility index (Phi) is 12.8. The molecule has 0 heterocycles. The number of carbonyl (C=O) groups is 4. The van der Waals surface area contributed by atoms with E-state index >= 15 is 0 Å². The molecule has 9 heteroatoms. The number of benzene rings is 3. The third kappa shape index (κ3) is 10.5. The minimum Gasteiger partial charge on any atom is -0.467 e. The smallest absolute Gasteiger partial charge is 0.329 e. The third-order valence-electron chi connectivity index (χ3n) is 5.98. The van der Waals surface area contributed by atoms with Crippen LogP contribution in [0.1, 0.15) is 23.6 Å². The van der Waals surface area contributed by atoms with Gasteiger partial charge in [-0.3, -0.25) is 14.4 Å². The van der Waals surface area contributed by atoms with Gasteiger partial charge in [-0.05, 0) is 23.1 Å². The molecular formula is C31H34N2O5S2. The van der Waals surface area contributed by atoms with Crippen molar-refractivity contribution >= 4 is 46.4 Å². The molecule has 0 aromatic heterocycles. The van der Waals surface area contributed by atoms with E-state index in [9.17, 15) is 19.2 Å². The largest absolute Gasteiger partial charge is 0.467 e. The molecule has 0 spiro atoms. The van der Waals surface area contributed by atoms with Crippen LogP contribution >= 0.6 is 23.5 Å². The molecule has 3 rings (SSSR count). The molecule has 7 nitrogen and oxygen atoms in total. The van der Waals surface area contributed by atoms with E-state index in [1.54, 1.807) is 0 Å². The first-order valence-electron chi connectivity index (χ1n) is 12.9. The zero-order chi connectivity index (χ0) is 28.7. The zero-order valence-electron chi connectivity index (χ0n) is 22.6. The number of nitrogens with one attached hydrogen (secondary N) is 2. The molecule has 0 fully saturated rings. The van der Waals surface area contributed by atoms with Gasteiger partial charge in [-0.2, -0.15) is 11.8 Å². The fraction of sp³-hybridized carbons (Fsp3) is 0.290. The Morgan fingerprint density at radius 2 is 1.20 bits per heavy atom. The van der Waals surface area contributed by atoms with Crippen LogP contribution in [-0.2, 0) is 42.5 Å². The number of methoxy groups -OCH3 is 1. The van der Waals surface area contributed by atoms with Gasteiger partial charge in [0.25, 0.3) is 0 Å². The second kappa shape index (κ2) is 16.5. The summed E-state index contributed by atoms with van der Waals surface area (Å²) < 4.78 is 4.95. The van der Waals surface area contributed by atoms with Gasteiger partial charge in [0.15, 0.2) is 5.12 Å². The molecule has 0 unspecified atom stereocenters. The van der Waals surface area contributed by atoms with Crippen LogP contribution in [0.3, 0.4) is 0 Å². The topological polar surface area (TPSA) is 102 Å². The lowest BCUT2D eigenvalue weighted by molar-refractivity contribution is -0.144. The molecule has 2 amide bonds. The predicted molar refractivity (Wildman–Crippen MR) is 161 cm³/mol. The second-order valence-electron chi connectivity index (χ2n) is 9.12. The van der Waals surface area contributed by atoms with E-state index in [1.807, 2.05) is 91.0 Å².